The molecule has 0 radical (unpaired) electrons. The SMILES string of the molecule is Cc1ncc(NC(=O)CCCN2CCC[C@@H]2C)cc1NC(=O)c1cnn2cc(-c3cnn(C)c3)sc12. The second-order valence-electron chi connectivity index (χ2n) is 9.30. The summed E-state index contributed by atoms with van der Waals surface area (Å²) in [4.78, 5) is 34.1. The van der Waals surface area contributed by atoms with Gasteiger partial charge in [0.1, 0.15) is 4.83 Å². The molecule has 1 aliphatic heterocycles. The van der Waals surface area contributed by atoms with Crippen LogP contribution in [-0.4, -0.2) is 60.2 Å². The molecule has 36 heavy (non-hydrogen) atoms. The van der Waals surface area contributed by atoms with Crippen molar-refractivity contribution in [1.29, 1.82) is 0 Å². The van der Waals surface area contributed by atoms with E-state index in [1.165, 1.54) is 24.2 Å². The van der Waals surface area contributed by atoms with E-state index in [0.717, 1.165) is 34.8 Å². The number of amides is 2. The lowest BCUT2D eigenvalue weighted by molar-refractivity contribution is -0.116. The smallest absolute Gasteiger partial charge is 0.260 e. The van der Waals surface area contributed by atoms with Crippen molar-refractivity contribution in [2.45, 2.75) is 45.6 Å². The largest absolute Gasteiger partial charge is 0.325 e. The van der Waals surface area contributed by atoms with Crippen LogP contribution < -0.4 is 10.6 Å². The quantitative estimate of drug-likeness (QED) is 0.374. The first kappa shape index (κ1) is 24.1. The first-order valence-electron chi connectivity index (χ1n) is 12.2. The Labute approximate surface area is 213 Å². The highest BCUT2D eigenvalue weighted by Gasteiger charge is 2.20. The van der Waals surface area contributed by atoms with E-state index in [0.29, 0.717) is 35.1 Å². The molecule has 11 heteroatoms. The summed E-state index contributed by atoms with van der Waals surface area (Å²) in [5.74, 6) is -0.331. The Morgan fingerprint density at radius 3 is 2.78 bits per heavy atom. The average molecular weight is 507 g/mol. The molecule has 4 aromatic rings. The maximum atomic E-state index is 13.1. The van der Waals surface area contributed by atoms with Crippen LogP contribution in [-0.2, 0) is 11.8 Å². The Balaban J connectivity index is 1.23. The summed E-state index contributed by atoms with van der Waals surface area (Å²) >= 11 is 1.48. The van der Waals surface area contributed by atoms with Crippen LogP contribution in [0.4, 0.5) is 11.4 Å². The number of carbonyl (C=O) groups excluding carboxylic acids is 2. The molecule has 1 atom stereocenters. The van der Waals surface area contributed by atoms with E-state index in [1.807, 2.05) is 26.4 Å². The fourth-order valence-corrected chi connectivity index (χ4v) is 5.57. The van der Waals surface area contributed by atoms with Gasteiger partial charge in [-0.05, 0) is 52.3 Å². The van der Waals surface area contributed by atoms with Crippen molar-refractivity contribution in [2.24, 2.45) is 7.05 Å². The molecule has 1 fully saturated rings. The Bertz CT molecular complexity index is 1400. The van der Waals surface area contributed by atoms with Crippen molar-refractivity contribution in [3.63, 3.8) is 0 Å². The van der Waals surface area contributed by atoms with Crippen molar-refractivity contribution < 1.29 is 9.59 Å². The van der Waals surface area contributed by atoms with Gasteiger partial charge in [-0.3, -0.25) is 19.3 Å². The fraction of sp³-hybridized carbons (Fsp3) is 0.400. The van der Waals surface area contributed by atoms with Gasteiger partial charge in [-0.1, -0.05) is 0 Å². The number of aromatic nitrogens is 5. The predicted molar refractivity (Wildman–Crippen MR) is 140 cm³/mol. The van der Waals surface area contributed by atoms with E-state index in [-0.39, 0.29) is 11.8 Å². The maximum Gasteiger partial charge on any atom is 0.260 e. The molecule has 5 heterocycles. The fourth-order valence-electron chi connectivity index (χ4n) is 4.53. The monoisotopic (exact) mass is 506 g/mol. The molecule has 2 amide bonds. The molecule has 10 nitrogen and oxygen atoms in total. The van der Waals surface area contributed by atoms with Gasteiger partial charge in [0.15, 0.2) is 0 Å². The van der Waals surface area contributed by atoms with Gasteiger partial charge >= 0.3 is 0 Å². The number of rotatable bonds is 8. The standard InChI is InChI=1S/C25H30N8O2S/c1-16-6-4-8-32(16)9-5-7-23(34)29-19-10-21(17(2)26-12-19)30-24(35)20-13-28-33-15-22(36-25(20)33)18-11-27-31(3)14-18/h10-16H,4-9H2,1-3H3,(H,29,34)(H,30,35)/t16-/m0/s1. The number of nitrogens with one attached hydrogen (secondary N) is 2. The van der Waals surface area contributed by atoms with Crippen molar-refractivity contribution in [2.75, 3.05) is 23.7 Å². The number of anilines is 2. The summed E-state index contributed by atoms with van der Waals surface area (Å²) in [5.41, 5.74) is 3.21. The van der Waals surface area contributed by atoms with E-state index in [9.17, 15) is 9.59 Å². The van der Waals surface area contributed by atoms with Gasteiger partial charge in [0.05, 0.1) is 46.1 Å². The lowest BCUT2D eigenvalue weighted by Gasteiger charge is -2.20. The first-order chi connectivity index (χ1) is 17.4. The zero-order chi connectivity index (χ0) is 25.2. The highest BCUT2D eigenvalue weighted by atomic mass is 32.1. The molecule has 0 bridgehead atoms. The number of likely N-dealkylation sites (tertiary alicyclic amines) is 1. The lowest BCUT2D eigenvalue weighted by atomic mass is 10.2. The van der Waals surface area contributed by atoms with Crippen LogP contribution in [0.2, 0.25) is 0 Å². The van der Waals surface area contributed by atoms with Gasteiger partial charge in [0, 0.05) is 37.5 Å². The van der Waals surface area contributed by atoms with Gasteiger partial charge in [0.25, 0.3) is 5.91 Å². The van der Waals surface area contributed by atoms with Crippen LogP contribution in [0, 0.1) is 6.92 Å². The van der Waals surface area contributed by atoms with Crippen molar-refractivity contribution in [3.05, 3.63) is 48.3 Å². The van der Waals surface area contributed by atoms with Crippen LogP contribution >= 0.6 is 11.3 Å². The summed E-state index contributed by atoms with van der Waals surface area (Å²) in [6, 6.07) is 2.35. The van der Waals surface area contributed by atoms with Gasteiger partial charge < -0.3 is 15.5 Å². The van der Waals surface area contributed by atoms with Crippen LogP contribution in [0.3, 0.4) is 0 Å². The third-order valence-corrected chi connectivity index (χ3v) is 7.75. The number of carbonyl (C=O) groups is 2. The van der Waals surface area contributed by atoms with E-state index >= 15 is 0 Å². The lowest BCUT2D eigenvalue weighted by Crippen LogP contribution is -2.28. The molecule has 0 aliphatic carbocycles. The molecule has 1 aliphatic rings. The Kier molecular flexibility index (Phi) is 6.84. The van der Waals surface area contributed by atoms with Crippen molar-refractivity contribution in [3.8, 4) is 10.4 Å². The maximum absolute atomic E-state index is 13.1. The zero-order valence-electron chi connectivity index (χ0n) is 20.7. The van der Waals surface area contributed by atoms with Crippen LogP contribution in [0.1, 0.15) is 48.7 Å². The second-order valence-corrected chi connectivity index (χ2v) is 10.3. The van der Waals surface area contributed by atoms with Gasteiger partial charge in [0.2, 0.25) is 5.91 Å². The molecule has 5 rings (SSSR count). The summed E-state index contributed by atoms with van der Waals surface area (Å²) in [6.45, 7) is 6.12. The highest BCUT2D eigenvalue weighted by molar-refractivity contribution is 7.21. The minimum atomic E-state index is -0.280. The van der Waals surface area contributed by atoms with Crippen LogP contribution in [0.5, 0.6) is 0 Å². The van der Waals surface area contributed by atoms with Crippen molar-refractivity contribution in [1.82, 2.24) is 29.3 Å². The second kappa shape index (κ2) is 10.2. The molecular formula is C25H30N8O2S. The number of pyridine rings is 1. The number of aryl methyl sites for hydroxylation is 2. The number of nitrogens with zero attached hydrogens (tertiary/aromatic N) is 6. The summed E-state index contributed by atoms with van der Waals surface area (Å²) in [6.07, 6.45) is 12.5. The molecule has 0 spiro atoms. The number of fused-ring (bicyclic) bond motifs is 1. The Hall–Kier alpha value is -3.57. The molecule has 0 saturated carbocycles. The van der Waals surface area contributed by atoms with Crippen LogP contribution in [0.25, 0.3) is 15.3 Å². The minimum absolute atomic E-state index is 0.0513. The molecular weight excluding hydrogens is 476 g/mol. The molecule has 2 N–H and O–H groups in total. The van der Waals surface area contributed by atoms with E-state index in [4.69, 9.17) is 0 Å². The first-order valence-corrected chi connectivity index (χ1v) is 13.0. The van der Waals surface area contributed by atoms with Crippen LogP contribution in [0.15, 0.2) is 37.1 Å². The van der Waals surface area contributed by atoms with Gasteiger partial charge in [-0.25, -0.2) is 4.52 Å². The third-order valence-electron chi connectivity index (χ3n) is 6.59. The van der Waals surface area contributed by atoms with E-state index in [2.05, 4.69) is 37.6 Å². The van der Waals surface area contributed by atoms with Crippen molar-refractivity contribution >= 4 is 39.4 Å². The molecule has 0 aromatic carbocycles. The minimum Gasteiger partial charge on any atom is -0.325 e. The van der Waals surface area contributed by atoms with E-state index < -0.39 is 0 Å². The molecule has 188 valence electrons. The third kappa shape index (κ3) is 5.17. The summed E-state index contributed by atoms with van der Waals surface area (Å²) < 4.78 is 3.44. The number of hydrogen-bond donors (Lipinski definition) is 2. The van der Waals surface area contributed by atoms with Gasteiger partial charge in [-0.2, -0.15) is 10.2 Å². The average Bonchev–Trinajstić information content (AvgIpc) is 3.61. The molecule has 4 aromatic heterocycles. The highest BCUT2D eigenvalue weighted by Crippen LogP contribution is 2.30. The predicted octanol–water partition coefficient (Wildman–Crippen LogP) is 3.96. The van der Waals surface area contributed by atoms with E-state index in [1.54, 1.807) is 33.9 Å². The Morgan fingerprint density at radius 2 is 2.03 bits per heavy atom. The summed E-state index contributed by atoms with van der Waals surface area (Å²) in [5, 5.41) is 14.4. The Morgan fingerprint density at radius 1 is 1.17 bits per heavy atom. The molecule has 1 saturated heterocycles. The van der Waals surface area contributed by atoms with Gasteiger partial charge in [-0.15, -0.1) is 11.3 Å². The number of hydrogen-bond acceptors (Lipinski definition) is 7. The number of thiazole rings is 1. The normalized spacial score (nSPS) is 16.0. The zero-order valence-corrected chi connectivity index (χ0v) is 21.5. The molecule has 0 unspecified atom stereocenters. The summed E-state index contributed by atoms with van der Waals surface area (Å²) in [7, 11) is 1.86. The topological polar surface area (TPSA) is 109 Å².